The second kappa shape index (κ2) is 7.27. The normalized spacial score (nSPS) is 18.2. The lowest BCUT2D eigenvalue weighted by Gasteiger charge is -2.24. The number of hydrogen-bond acceptors (Lipinski definition) is 2. The van der Waals surface area contributed by atoms with Gasteiger partial charge in [-0.1, -0.05) is 30.9 Å². The molecule has 0 atom stereocenters. The van der Waals surface area contributed by atoms with E-state index in [1.54, 1.807) is 0 Å². The number of alkyl halides is 1. The molecule has 0 aromatic heterocycles. The van der Waals surface area contributed by atoms with Crippen LogP contribution >= 0.6 is 23.2 Å². The van der Waals surface area contributed by atoms with Gasteiger partial charge in [-0.15, -0.1) is 11.6 Å². The number of hydrogen-bond donors (Lipinski definition) is 0. The average molecular weight is 354 g/mol. The van der Waals surface area contributed by atoms with Crippen LogP contribution in [0.5, 0.6) is 0 Å². The van der Waals surface area contributed by atoms with Crippen LogP contribution in [0.15, 0.2) is 17.0 Å². The summed E-state index contributed by atoms with van der Waals surface area (Å²) >= 11 is 11.5. The summed E-state index contributed by atoms with van der Waals surface area (Å²) in [7, 11) is -3.70. The topological polar surface area (TPSA) is 37.4 Å². The Kier molecular flexibility index (Phi) is 5.88. The second-order valence-electron chi connectivity index (χ2n) is 5.18. The molecule has 118 valence electrons. The zero-order chi connectivity index (χ0) is 15.5. The van der Waals surface area contributed by atoms with Gasteiger partial charge < -0.3 is 0 Å². The van der Waals surface area contributed by atoms with Crippen molar-refractivity contribution in [1.29, 1.82) is 0 Å². The molecule has 1 aliphatic rings. The fraction of sp³-hybridized carbons (Fsp3) is 0.571. The summed E-state index contributed by atoms with van der Waals surface area (Å²) in [5, 5.41) is -0.114. The predicted octanol–water partition coefficient (Wildman–Crippen LogP) is 4.17. The van der Waals surface area contributed by atoms with E-state index in [1.165, 1.54) is 10.4 Å². The molecule has 0 radical (unpaired) electrons. The average Bonchev–Trinajstić information content (AvgIpc) is 2.40. The summed E-state index contributed by atoms with van der Waals surface area (Å²) in [4.78, 5) is -0.0689. The number of halogens is 3. The summed E-state index contributed by atoms with van der Waals surface area (Å²) in [6.45, 7) is 0.950. The molecule has 0 N–H and O–H groups in total. The summed E-state index contributed by atoms with van der Waals surface area (Å²) in [6, 6.07) is 2.35. The van der Waals surface area contributed by atoms with Crippen molar-refractivity contribution >= 4 is 33.2 Å². The van der Waals surface area contributed by atoms with Gasteiger partial charge in [-0.25, -0.2) is 12.8 Å². The third kappa shape index (κ3) is 3.89. The first-order valence-electron chi connectivity index (χ1n) is 7.01. The highest BCUT2D eigenvalue weighted by Crippen LogP contribution is 2.28. The minimum Gasteiger partial charge on any atom is -0.207 e. The Morgan fingerprint density at radius 1 is 1.10 bits per heavy atom. The first kappa shape index (κ1) is 17.0. The van der Waals surface area contributed by atoms with Crippen LogP contribution < -0.4 is 0 Å². The lowest BCUT2D eigenvalue weighted by atomic mass is 10.1. The van der Waals surface area contributed by atoms with E-state index >= 15 is 0 Å². The summed E-state index contributed by atoms with van der Waals surface area (Å²) < 4.78 is 40.5. The summed E-state index contributed by atoms with van der Waals surface area (Å²) in [6.07, 6.45) is 4.84. The number of benzene rings is 1. The zero-order valence-electron chi connectivity index (χ0n) is 11.6. The molecule has 0 unspecified atom stereocenters. The van der Waals surface area contributed by atoms with Gasteiger partial charge in [0.15, 0.2) is 0 Å². The van der Waals surface area contributed by atoms with E-state index in [-0.39, 0.29) is 15.8 Å². The van der Waals surface area contributed by atoms with E-state index in [2.05, 4.69) is 0 Å². The molecule has 3 nitrogen and oxygen atoms in total. The number of nitrogens with zero attached hydrogens (tertiary/aromatic N) is 1. The smallest absolute Gasteiger partial charge is 0.207 e. The molecule has 7 heteroatoms. The van der Waals surface area contributed by atoms with E-state index < -0.39 is 15.8 Å². The van der Waals surface area contributed by atoms with Crippen LogP contribution in [0, 0.1) is 5.82 Å². The third-order valence-electron chi connectivity index (χ3n) is 3.67. The molecule has 0 amide bonds. The van der Waals surface area contributed by atoms with Gasteiger partial charge in [0.2, 0.25) is 10.0 Å². The van der Waals surface area contributed by atoms with E-state index in [1.807, 2.05) is 0 Å². The van der Waals surface area contributed by atoms with Crippen LogP contribution in [-0.2, 0) is 15.9 Å². The van der Waals surface area contributed by atoms with Gasteiger partial charge in [-0.3, -0.25) is 0 Å². The standard InChI is InChI=1S/C14H18Cl2FNO2S/c15-10-11-8-12(9-13(17)14(11)16)21(19,20)18-6-4-2-1-3-5-7-18/h8-9H,1-7,10H2. The van der Waals surface area contributed by atoms with Gasteiger partial charge >= 0.3 is 0 Å². The van der Waals surface area contributed by atoms with Crippen LogP contribution in [0.1, 0.15) is 37.7 Å². The highest BCUT2D eigenvalue weighted by molar-refractivity contribution is 7.89. The molecule has 0 saturated carbocycles. The van der Waals surface area contributed by atoms with Gasteiger partial charge in [0, 0.05) is 19.0 Å². The molecule has 2 rings (SSSR count). The largest absolute Gasteiger partial charge is 0.243 e. The van der Waals surface area contributed by atoms with E-state index in [9.17, 15) is 12.8 Å². The van der Waals surface area contributed by atoms with Crippen LogP contribution in [0.2, 0.25) is 5.02 Å². The van der Waals surface area contributed by atoms with Crippen molar-refractivity contribution < 1.29 is 12.8 Å². The summed E-state index contributed by atoms with van der Waals surface area (Å²) in [5.74, 6) is -0.778. The fourth-order valence-corrected chi connectivity index (χ4v) is 4.51. The molecule has 0 aliphatic carbocycles. The van der Waals surface area contributed by atoms with E-state index in [4.69, 9.17) is 23.2 Å². The predicted molar refractivity (Wildman–Crippen MR) is 82.8 cm³/mol. The highest BCUT2D eigenvalue weighted by atomic mass is 35.5. The van der Waals surface area contributed by atoms with Crippen molar-refractivity contribution in [3.63, 3.8) is 0 Å². The van der Waals surface area contributed by atoms with Crippen molar-refractivity contribution in [2.45, 2.75) is 42.9 Å². The van der Waals surface area contributed by atoms with Gasteiger partial charge in [-0.2, -0.15) is 4.31 Å². The molecule has 21 heavy (non-hydrogen) atoms. The monoisotopic (exact) mass is 353 g/mol. The minimum absolute atomic E-state index is 0.0287. The Morgan fingerprint density at radius 3 is 2.24 bits per heavy atom. The first-order valence-corrected chi connectivity index (χ1v) is 9.36. The maximum absolute atomic E-state index is 13.8. The Morgan fingerprint density at radius 2 is 1.67 bits per heavy atom. The molecular formula is C14H18Cl2FNO2S. The van der Waals surface area contributed by atoms with E-state index in [0.717, 1.165) is 38.2 Å². The molecule has 1 saturated heterocycles. The molecule has 1 heterocycles. The van der Waals surface area contributed by atoms with Gasteiger partial charge in [0.1, 0.15) is 5.82 Å². The Labute approximate surface area is 135 Å². The van der Waals surface area contributed by atoms with E-state index in [0.29, 0.717) is 18.7 Å². The highest BCUT2D eigenvalue weighted by Gasteiger charge is 2.26. The van der Waals surface area contributed by atoms with Crippen molar-refractivity contribution in [3.8, 4) is 0 Å². The molecule has 1 aromatic rings. The van der Waals surface area contributed by atoms with Gasteiger partial charge in [0.25, 0.3) is 0 Å². The van der Waals surface area contributed by atoms with Crippen LogP contribution in [0.3, 0.4) is 0 Å². The fourth-order valence-electron chi connectivity index (χ4n) is 2.47. The molecule has 0 bridgehead atoms. The molecular weight excluding hydrogens is 336 g/mol. The van der Waals surface area contributed by atoms with Gasteiger partial charge in [0.05, 0.1) is 9.92 Å². The SMILES string of the molecule is O=S(=O)(c1cc(F)c(Cl)c(CCl)c1)N1CCCCCCC1. The molecule has 1 aliphatic heterocycles. The Bertz CT molecular complexity index is 599. The lowest BCUT2D eigenvalue weighted by Crippen LogP contribution is -2.34. The van der Waals surface area contributed by atoms with Crippen molar-refractivity contribution in [3.05, 3.63) is 28.5 Å². The van der Waals surface area contributed by atoms with Crippen molar-refractivity contribution in [1.82, 2.24) is 4.31 Å². The van der Waals surface area contributed by atoms with Crippen molar-refractivity contribution in [2.75, 3.05) is 13.1 Å². The quantitative estimate of drug-likeness (QED) is 0.764. The summed E-state index contributed by atoms with van der Waals surface area (Å²) in [5.41, 5.74) is 0.295. The van der Waals surface area contributed by atoms with Crippen LogP contribution in [0.25, 0.3) is 0 Å². The zero-order valence-corrected chi connectivity index (χ0v) is 13.9. The van der Waals surface area contributed by atoms with Gasteiger partial charge in [-0.05, 0) is 30.5 Å². The number of rotatable bonds is 3. The second-order valence-corrected chi connectivity index (χ2v) is 7.77. The molecule has 1 fully saturated rings. The number of sulfonamides is 1. The minimum atomic E-state index is -3.70. The molecule has 0 spiro atoms. The maximum Gasteiger partial charge on any atom is 0.243 e. The third-order valence-corrected chi connectivity index (χ3v) is 6.26. The van der Waals surface area contributed by atoms with Crippen LogP contribution in [0.4, 0.5) is 4.39 Å². The Balaban J connectivity index is 2.36. The Hall–Kier alpha value is -0.360. The van der Waals surface area contributed by atoms with Crippen molar-refractivity contribution in [2.24, 2.45) is 0 Å². The lowest BCUT2D eigenvalue weighted by molar-refractivity contribution is 0.364. The maximum atomic E-state index is 13.8. The molecule has 1 aromatic carbocycles. The first-order chi connectivity index (χ1) is 9.96. The van der Waals surface area contributed by atoms with Crippen LogP contribution in [-0.4, -0.2) is 25.8 Å².